The quantitative estimate of drug-likeness (QED) is 0.809. The van der Waals surface area contributed by atoms with Crippen LogP contribution in [0.4, 0.5) is 0 Å². The summed E-state index contributed by atoms with van der Waals surface area (Å²) < 4.78 is 27.8. The van der Waals surface area contributed by atoms with Gasteiger partial charge in [0.25, 0.3) is 0 Å². The predicted molar refractivity (Wildman–Crippen MR) is 105 cm³/mol. The predicted octanol–water partition coefficient (Wildman–Crippen LogP) is 3.31. The smallest absolute Gasteiger partial charge is 0.243 e. The van der Waals surface area contributed by atoms with Gasteiger partial charge in [0.05, 0.1) is 4.90 Å². The normalized spacial score (nSPS) is 26.1. The molecule has 144 valence electrons. The number of benzene rings is 1. The summed E-state index contributed by atoms with van der Waals surface area (Å²) >= 11 is 0. The third kappa shape index (κ3) is 3.85. The van der Waals surface area contributed by atoms with E-state index in [1.165, 1.54) is 37.1 Å². The highest BCUT2D eigenvalue weighted by atomic mass is 32.2. The molecule has 1 aromatic carbocycles. The van der Waals surface area contributed by atoms with Crippen molar-refractivity contribution >= 4 is 10.0 Å². The molecule has 4 nitrogen and oxygen atoms in total. The molecule has 2 fully saturated rings. The molecule has 1 aliphatic carbocycles. The van der Waals surface area contributed by atoms with Crippen LogP contribution in [0, 0.1) is 11.8 Å². The first-order chi connectivity index (χ1) is 12.5. The minimum absolute atomic E-state index is 0.501. The van der Waals surface area contributed by atoms with Crippen LogP contribution in [0.1, 0.15) is 50.2 Å². The third-order valence-electron chi connectivity index (χ3n) is 6.54. The standard InChI is InChI=1S/C21H32N2O2S/c1-17-4-3-11-22(15-17)16-18-9-12-23(13-10-18)26(24,25)21-8-7-19-5-2-6-20(19)14-21/h7-8,14,17-18H,2-6,9-13,15-16H2,1H3/t17-/m0/s1. The Labute approximate surface area is 158 Å². The highest BCUT2D eigenvalue weighted by Crippen LogP contribution is 2.29. The number of rotatable bonds is 4. The molecule has 26 heavy (non-hydrogen) atoms. The number of likely N-dealkylation sites (tertiary alicyclic amines) is 1. The molecule has 0 unspecified atom stereocenters. The Morgan fingerprint density at radius 1 is 1.00 bits per heavy atom. The van der Waals surface area contributed by atoms with Gasteiger partial charge in [-0.05, 0) is 86.6 Å². The minimum Gasteiger partial charge on any atom is -0.303 e. The Kier molecular flexibility index (Phi) is 5.40. The fourth-order valence-corrected chi connectivity index (χ4v) is 6.53. The van der Waals surface area contributed by atoms with E-state index in [1.54, 1.807) is 4.31 Å². The molecule has 1 atom stereocenters. The molecule has 3 aliphatic rings. The lowest BCUT2D eigenvalue weighted by atomic mass is 9.94. The maximum Gasteiger partial charge on any atom is 0.243 e. The first-order valence-electron chi connectivity index (χ1n) is 10.4. The van der Waals surface area contributed by atoms with Gasteiger partial charge in [-0.15, -0.1) is 0 Å². The average molecular weight is 377 g/mol. The number of nitrogens with zero attached hydrogens (tertiary/aromatic N) is 2. The number of hydrogen-bond donors (Lipinski definition) is 0. The van der Waals surface area contributed by atoms with E-state index in [9.17, 15) is 8.42 Å². The fraction of sp³-hybridized carbons (Fsp3) is 0.714. The molecule has 0 radical (unpaired) electrons. The lowest BCUT2D eigenvalue weighted by molar-refractivity contribution is 0.136. The molecule has 0 spiro atoms. The fourth-order valence-electron chi connectivity index (χ4n) is 5.01. The van der Waals surface area contributed by atoms with Crippen molar-refractivity contribution in [2.24, 2.45) is 11.8 Å². The highest BCUT2D eigenvalue weighted by Gasteiger charge is 2.31. The molecule has 5 heteroatoms. The van der Waals surface area contributed by atoms with Crippen LogP contribution in [0.15, 0.2) is 23.1 Å². The Morgan fingerprint density at radius 2 is 1.77 bits per heavy atom. The van der Waals surface area contributed by atoms with Crippen LogP contribution >= 0.6 is 0 Å². The minimum atomic E-state index is -3.33. The second kappa shape index (κ2) is 7.61. The van der Waals surface area contributed by atoms with Crippen LogP contribution in [0.2, 0.25) is 0 Å². The van der Waals surface area contributed by atoms with Crippen molar-refractivity contribution < 1.29 is 8.42 Å². The summed E-state index contributed by atoms with van der Waals surface area (Å²) in [6.45, 7) is 7.28. The van der Waals surface area contributed by atoms with E-state index in [0.717, 1.165) is 44.6 Å². The molecule has 2 saturated heterocycles. The first-order valence-corrected chi connectivity index (χ1v) is 11.8. The molecule has 2 aliphatic heterocycles. The molecule has 4 rings (SSSR count). The number of hydrogen-bond acceptors (Lipinski definition) is 3. The maximum atomic E-state index is 13.0. The van der Waals surface area contributed by atoms with Gasteiger partial charge < -0.3 is 4.90 Å². The van der Waals surface area contributed by atoms with Crippen molar-refractivity contribution in [2.75, 3.05) is 32.7 Å². The summed E-state index contributed by atoms with van der Waals surface area (Å²) in [7, 11) is -3.33. The van der Waals surface area contributed by atoms with Gasteiger partial charge in [-0.2, -0.15) is 4.31 Å². The summed E-state index contributed by atoms with van der Waals surface area (Å²) in [4.78, 5) is 3.10. The van der Waals surface area contributed by atoms with E-state index in [-0.39, 0.29) is 0 Å². The van der Waals surface area contributed by atoms with Gasteiger partial charge in [0.2, 0.25) is 10.0 Å². The lowest BCUT2D eigenvalue weighted by Gasteiger charge is -2.37. The van der Waals surface area contributed by atoms with Gasteiger partial charge in [0.1, 0.15) is 0 Å². The van der Waals surface area contributed by atoms with Crippen molar-refractivity contribution in [2.45, 2.75) is 56.8 Å². The Hall–Kier alpha value is -0.910. The molecule has 0 saturated carbocycles. The lowest BCUT2D eigenvalue weighted by Crippen LogP contribution is -2.43. The van der Waals surface area contributed by atoms with Crippen LogP contribution in [0.25, 0.3) is 0 Å². The molecule has 0 bridgehead atoms. The van der Waals surface area contributed by atoms with Gasteiger partial charge >= 0.3 is 0 Å². The second-order valence-corrected chi connectivity index (χ2v) is 10.6. The van der Waals surface area contributed by atoms with Crippen LogP contribution in [0.3, 0.4) is 0 Å². The number of aryl methyl sites for hydroxylation is 2. The van der Waals surface area contributed by atoms with E-state index < -0.39 is 10.0 Å². The van der Waals surface area contributed by atoms with Crippen LogP contribution in [-0.2, 0) is 22.9 Å². The number of sulfonamides is 1. The summed E-state index contributed by atoms with van der Waals surface area (Å²) in [5, 5.41) is 0. The summed E-state index contributed by atoms with van der Waals surface area (Å²) in [5.74, 6) is 1.45. The molecular weight excluding hydrogens is 344 g/mol. The van der Waals surface area contributed by atoms with Crippen molar-refractivity contribution in [3.63, 3.8) is 0 Å². The van der Waals surface area contributed by atoms with Crippen LogP contribution in [-0.4, -0.2) is 50.3 Å². The number of fused-ring (bicyclic) bond motifs is 1. The monoisotopic (exact) mass is 376 g/mol. The second-order valence-electron chi connectivity index (χ2n) is 8.64. The Balaban J connectivity index is 1.36. The van der Waals surface area contributed by atoms with Gasteiger partial charge in [0.15, 0.2) is 0 Å². The zero-order valence-electron chi connectivity index (χ0n) is 16.0. The van der Waals surface area contributed by atoms with Crippen LogP contribution in [0.5, 0.6) is 0 Å². The van der Waals surface area contributed by atoms with E-state index in [4.69, 9.17) is 0 Å². The van der Waals surface area contributed by atoms with Crippen molar-refractivity contribution in [3.05, 3.63) is 29.3 Å². The molecule has 0 amide bonds. The number of piperidine rings is 2. The molecule has 1 aromatic rings. The van der Waals surface area contributed by atoms with Gasteiger partial charge in [-0.3, -0.25) is 0 Å². The van der Waals surface area contributed by atoms with Gasteiger partial charge in [-0.25, -0.2) is 8.42 Å². The van der Waals surface area contributed by atoms with E-state index >= 15 is 0 Å². The SMILES string of the molecule is C[C@H]1CCCN(CC2CCN(S(=O)(=O)c3ccc4c(c3)CCC4)CC2)C1. The van der Waals surface area contributed by atoms with Gasteiger partial charge in [0, 0.05) is 26.2 Å². The van der Waals surface area contributed by atoms with Crippen molar-refractivity contribution in [3.8, 4) is 0 Å². The summed E-state index contributed by atoms with van der Waals surface area (Å²) in [6, 6.07) is 5.78. The summed E-state index contributed by atoms with van der Waals surface area (Å²) in [5.41, 5.74) is 2.57. The van der Waals surface area contributed by atoms with E-state index in [0.29, 0.717) is 23.9 Å². The van der Waals surface area contributed by atoms with Crippen molar-refractivity contribution in [1.29, 1.82) is 0 Å². The van der Waals surface area contributed by atoms with Crippen molar-refractivity contribution in [1.82, 2.24) is 9.21 Å². The van der Waals surface area contributed by atoms with E-state index in [1.807, 2.05) is 18.2 Å². The maximum absolute atomic E-state index is 13.0. The first kappa shape index (κ1) is 18.5. The Morgan fingerprint density at radius 3 is 2.54 bits per heavy atom. The zero-order valence-corrected chi connectivity index (χ0v) is 16.8. The average Bonchev–Trinajstić information content (AvgIpc) is 3.10. The van der Waals surface area contributed by atoms with Crippen LogP contribution < -0.4 is 0 Å². The largest absolute Gasteiger partial charge is 0.303 e. The Bertz CT molecular complexity index is 738. The molecule has 0 N–H and O–H groups in total. The highest BCUT2D eigenvalue weighted by molar-refractivity contribution is 7.89. The topological polar surface area (TPSA) is 40.6 Å². The summed E-state index contributed by atoms with van der Waals surface area (Å²) in [6.07, 6.45) is 7.93. The van der Waals surface area contributed by atoms with Gasteiger partial charge in [-0.1, -0.05) is 13.0 Å². The molecule has 2 heterocycles. The third-order valence-corrected chi connectivity index (χ3v) is 8.43. The molecular formula is C21H32N2O2S. The molecule has 0 aromatic heterocycles. The van der Waals surface area contributed by atoms with E-state index in [2.05, 4.69) is 11.8 Å². The zero-order chi connectivity index (χ0) is 18.1.